The molecule has 4 nitrogen and oxygen atoms in total. The lowest BCUT2D eigenvalue weighted by molar-refractivity contribution is -0.274. The van der Waals surface area contributed by atoms with Gasteiger partial charge in [-0.15, -0.1) is 13.2 Å². The van der Waals surface area contributed by atoms with Crippen molar-refractivity contribution in [2.75, 3.05) is 0 Å². The Balaban J connectivity index is 2.21. The minimum atomic E-state index is -4.71. The Bertz CT molecular complexity index is 672. The number of halogens is 3. The summed E-state index contributed by atoms with van der Waals surface area (Å²) in [5.74, 6) is -0.259. The second-order valence-electron chi connectivity index (χ2n) is 6.21. The second-order valence-corrected chi connectivity index (χ2v) is 6.21. The Kier molecular flexibility index (Phi) is 4.70. The molecule has 2 rings (SSSR count). The number of nitrogens with two attached hydrogens (primary N) is 1. The number of benzene rings is 1. The molecule has 0 spiro atoms. The molecule has 0 radical (unpaired) electrons. The van der Waals surface area contributed by atoms with Crippen molar-refractivity contribution in [2.24, 2.45) is 5.73 Å². The van der Waals surface area contributed by atoms with Gasteiger partial charge in [-0.3, -0.25) is 4.68 Å². The van der Waals surface area contributed by atoms with E-state index in [-0.39, 0.29) is 11.3 Å². The first-order chi connectivity index (χ1) is 10.5. The molecule has 0 bridgehead atoms. The van der Waals surface area contributed by atoms with E-state index in [0.29, 0.717) is 17.8 Å². The van der Waals surface area contributed by atoms with Crippen LogP contribution in [0, 0.1) is 6.92 Å². The third kappa shape index (κ3) is 5.28. The molecule has 1 aromatic carbocycles. The van der Waals surface area contributed by atoms with E-state index in [1.807, 2.05) is 26.8 Å². The maximum absolute atomic E-state index is 12.3. The fraction of sp³-hybridized carbons (Fsp3) is 0.438. The van der Waals surface area contributed by atoms with Crippen molar-refractivity contribution >= 4 is 0 Å². The Morgan fingerprint density at radius 1 is 1.22 bits per heavy atom. The highest BCUT2D eigenvalue weighted by Crippen LogP contribution is 2.27. The smallest absolute Gasteiger partial charge is 0.406 e. The Morgan fingerprint density at radius 3 is 2.52 bits per heavy atom. The third-order valence-electron chi connectivity index (χ3n) is 3.31. The van der Waals surface area contributed by atoms with Crippen molar-refractivity contribution in [2.45, 2.75) is 45.6 Å². The first-order valence-electron chi connectivity index (χ1n) is 7.23. The first-order valence-corrected chi connectivity index (χ1v) is 7.23. The molecule has 0 unspecified atom stereocenters. The number of nitrogens with zero attached hydrogens (tertiary/aromatic N) is 2. The van der Waals surface area contributed by atoms with Crippen LogP contribution < -0.4 is 10.5 Å². The van der Waals surface area contributed by atoms with Gasteiger partial charge in [0.2, 0.25) is 0 Å². The lowest BCUT2D eigenvalue weighted by atomic mass is 10.0. The molecule has 2 aromatic rings. The molecule has 0 saturated heterocycles. The molecular formula is C16H20F3N3O. The van der Waals surface area contributed by atoms with Crippen LogP contribution >= 0.6 is 0 Å². The zero-order valence-electron chi connectivity index (χ0n) is 13.3. The maximum Gasteiger partial charge on any atom is 0.573 e. The van der Waals surface area contributed by atoms with Gasteiger partial charge in [-0.2, -0.15) is 5.10 Å². The summed E-state index contributed by atoms with van der Waals surface area (Å²) in [6.07, 6.45) is -3.97. The largest absolute Gasteiger partial charge is 0.573 e. The summed E-state index contributed by atoms with van der Waals surface area (Å²) in [5.41, 5.74) is 7.75. The molecule has 0 amide bonds. The second kappa shape index (κ2) is 6.23. The average Bonchev–Trinajstić information content (AvgIpc) is 2.75. The Morgan fingerprint density at radius 2 is 1.91 bits per heavy atom. The lowest BCUT2D eigenvalue weighted by Crippen LogP contribution is -2.33. The summed E-state index contributed by atoms with van der Waals surface area (Å²) in [6.45, 7) is 6.42. The SMILES string of the molecule is Cc1cc(-c2cccc(OC(F)(F)F)c2)nn1CCC(C)(C)N. The van der Waals surface area contributed by atoms with Gasteiger partial charge in [0.05, 0.1) is 5.69 Å². The number of hydrogen-bond acceptors (Lipinski definition) is 3. The van der Waals surface area contributed by atoms with Crippen LogP contribution in [-0.2, 0) is 6.54 Å². The molecule has 0 fully saturated rings. The van der Waals surface area contributed by atoms with E-state index in [4.69, 9.17) is 5.73 Å². The molecule has 23 heavy (non-hydrogen) atoms. The highest BCUT2D eigenvalue weighted by Gasteiger charge is 2.31. The van der Waals surface area contributed by atoms with Crippen LogP contribution in [0.1, 0.15) is 26.0 Å². The number of rotatable bonds is 5. The summed E-state index contributed by atoms with van der Waals surface area (Å²) < 4.78 is 42.7. The molecule has 2 N–H and O–H groups in total. The van der Waals surface area contributed by atoms with Gasteiger partial charge in [0.15, 0.2) is 0 Å². The van der Waals surface area contributed by atoms with Crippen molar-refractivity contribution < 1.29 is 17.9 Å². The molecule has 0 atom stereocenters. The summed E-state index contributed by atoms with van der Waals surface area (Å²) in [5, 5.41) is 4.44. The highest BCUT2D eigenvalue weighted by atomic mass is 19.4. The molecular weight excluding hydrogens is 307 g/mol. The molecule has 0 aliphatic heterocycles. The van der Waals surface area contributed by atoms with Crippen molar-refractivity contribution in [3.63, 3.8) is 0 Å². The van der Waals surface area contributed by atoms with Crippen LogP contribution in [0.5, 0.6) is 5.75 Å². The molecule has 0 aliphatic carbocycles. The van der Waals surface area contributed by atoms with Gasteiger partial charge in [0.1, 0.15) is 5.75 Å². The standard InChI is InChI=1S/C16H20F3N3O/c1-11-9-14(21-22(11)8-7-15(2,3)20)12-5-4-6-13(10-12)23-16(17,18)19/h4-6,9-10H,7-8,20H2,1-3H3. The molecule has 0 aliphatic rings. The number of ether oxygens (including phenoxy) is 1. The molecule has 126 valence electrons. The van der Waals surface area contributed by atoms with Crippen molar-refractivity contribution in [1.29, 1.82) is 0 Å². The molecule has 7 heteroatoms. The zero-order chi connectivity index (χ0) is 17.3. The van der Waals surface area contributed by atoms with Crippen LogP contribution in [0.15, 0.2) is 30.3 Å². The Labute approximate surface area is 133 Å². The number of aryl methyl sites for hydroxylation is 2. The quantitative estimate of drug-likeness (QED) is 0.906. The van der Waals surface area contributed by atoms with Crippen LogP contribution in [0.3, 0.4) is 0 Å². The van der Waals surface area contributed by atoms with E-state index in [2.05, 4.69) is 9.84 Å². The van der Waals surface area contributed by atoms with E-state index in [0.717, 1.165) is 12.1 Å². The summed E-state index contributed by atoms with van der Waals surface area (Å²) in [6, 6.07) is 7.62. The number of alkyl halides is 3. The van der Waals surface area contributed by atoms with Gasteiger partial charge in [-0.25, -0.2) is 0 Å². The Hall–Kier alpha value is -2.02. The van der Waals surface area contributed by atoms with E-state index < -0.39 is 6.36 Å². The van der Waals surface area contributed by atoms with Gasteiger partial charge in [-0.05, 0) is 45.4 Å². The summed E-state index contributed by atoms with van der Waals surface area (Å²) in [7, 11) is 0. The van der Waals surface area contributed by atoms with Crippen molar-refractivity contribution in [3.05, 3.63) is 36.0 Å². The number of aromatic nitrogens is 2. The monoisotopic (exact) mass is 327 g/mol. The molecule has 1 heterocycles. The normalized spacial score (nSPS) is 12.5. The van der Waals surface area contributed by atoms with Gasteiger partial charge in [-0.1, -0.05) is 12.1 Å². The topological polar surface area (TPSA) is 53.1 Å². The molecule has 0 saturated carbocycles. The van der Waals surface area contributed by atoms with Gasteiger partial charge >= 0.3 is 6.36 Å². The van der Waals surface area contributed by atoms with Crippen molar-refractivity contribution in [3.8, 4) is 17.0 Å². The van der Waals surface area contributed by atoms with Gasteiger partial charge < -0.3 is 10.5 Å². The highest BCUT2D eigenvalue weighted by molar-refractivity contribution is 5.61. The summed E-state index contributed by atoms with van der Waals surface area (Å²) in [4.78, 5) is 0. The minimum Gasteiger partial charge on any atom is -0.406 e. The fourth-order valence-corrected chi connectivity index (χ4v) is 2.12. The lowest BCUT2D eigenvalue weighted by Gasteiger charge is -2.18. The van der Waals surface area contributed by atoms with Crippen molar-refractivity contribution in [1.82, 2.24) is 9.78 Å². The van der Waals surface area contributed by atoms with Crippen LogP contribution in [0.25, 0.3) is 11.3 Å². The van der Waals surface area contributed by atoms with E-state index in [1.54, 1.807) is 10.7 Å². The first kappa shape index (κ1) is 17.3. The fourth-order valence-electron chi connectivity index (χ4n) is 2.12. The number of hydrogen-bond donors (Lipinski definition) is 1. The van der Waals surface area contributed by atoms with Gasteiger partial charge in [0, 0.05) is 23.3 Å². The van der Waals surface area contributed by atoms with Gasteiger partial charge in [0.25, 0.3) is 0 Å². The summed E-state index contributed by atoms with van der Waals surface area (Å²) >= 11 is 0. The maximum atomic E-state index is 12.3. The minimum absolute atomic E-state index is 0.259. The zero-order valence-corrected chi connectivity index (χ0v) is 13.3. The predicted molar refractivity (Wildman–Crippen MR) is 82.0 cm³/mol. The third-order valence-corrected chi connectivity index (χ3v) is 3.31. The van der Waals surface area contributed by atoms with Crippen LogP contribution in [-0.4, -0.2) is 21.7 Å². The molecule has 1 aromatic heterocycles. The predicted octanol–water partition coefficient (Wildman–Crippen LogP) is 3.88. The van der Waals surface area contributed by atoms with Crippen LogP contribution in [0.2, 0.25) is 0 Å². The van der Waals surface area contributed by atoms with E-state index in [9.17, 15) is 13.2 Å². The van der Waals surface area contributed by atoms with E-state index in [1.165, 1.54) is 18.2 Å². The van der Waals surface area contributed by atoms with Crippen LogP contribution in [0.4, 0.5) is 13.2 Å². The average molecular weight is 327 g/mol. The van der Waals surface area contributed by atoms with E-state index >= 15 is 0 Å².